The van der Waals surface area contributed by atoms with Crippen LogP contribution in [0, 0.1) is 5.92 Å². The van der Waals surface area contributed by atoms with E-state index in [9.17, 15) is 4.79 Å². The molecule has 1 heterocycles. The molecule has 0 saturated carbocycles. The first-order valence-electron chi connectivity index (χ1n) is 7.77. The zero-order chi connectivity index (χ0) is 16.7. The molecule has 2 aromatic rings. The number of carbonyl (C=O) groups is 1. The molecule has 122 valence electrons. The van der Waals surface area contributed by atoms with E-state index < -0.39 is 0 Å². The highest BCUT2D eigenvalue weighted by Gasteiger charge is 2.07. The summed E-state index contributed by atoms with van der Waals surface area (Å²) in [5.74, 6) is 1.24. The molecule has 0 fully saturated rings. The van der Waals surface area contributed by atoms with Gasteiger partial charge in [0.05, 0.1) is 0 Å². The molecule has 2 N–H and O–H groups in total. The van der Waals surface area contributed by atoms with Gasteiger partial charge in [-0.2, -0.15) is 0 Å². The third-order valence-corrected chi connectivity index (χ3v) is 3.67. The first-order valence-corrected chi connectivity index (χ1v) is 8.15. The average Bonchev–Trinajstić information content (AvgIpc) is 2.54. The van der Waals surface area contributed by atoms with Gasteiger partial charge in [-0.05, 0) is 42.2 Å². The predicted octanol–water partition coefficient (Wildman–Crippen LogP) is 4.12. The normalized spacial score (nSPS) is 10.6. The number of halogens is 1. The largest absolute Gasteiger partial charge is 0.370 e. The molecule has 1 aromatic heterocycles. The van der Waals surface area contributed by atoms with Gasteiger partial charge in [-0.25, -0.2) is 4.98 Å². The first-order chi connectivity index (χ1) is 11.0. The van der Waals surface area contributed by atoms with E-state index in [0.717, 1.165) is 24.3 Å². The minimum atomic E-state index is -0.116. The molecule has 1 amide bonds. The fourth-order valence-corrected chi connectivity index (χ4v) is 2.17. The lowest BCUT2D eigenvalue weighted by Gasteiger charge is -2.09. The molecule has 0 spiro atoms. The van der Waals surface area contributed by atoms with Crippen molar-refractivity contribution in [2.24, 2.45) is 5.92 Å². The Balaban J connectivity index is 1.90. The fourth-order valence-electron chi connectivity index (χ4n) is 2.04. The van der Waals surface area contributed by atoms with Gasteiger partial charge in [0.2, 0.25) is 0 Å². The molecule has 2 rings (SSSR count). The van der Waals surface area contributed by atoms with Crippen molar-refractivity contribution in [2.45, 2.75) is 26.8 Å². The Labute approximate surface area is 142 Å². The lowest BCUT2D eigenvalue weighted by Crippen LogP contribution is -2.23. The van der Waals surface area contributed by atoms with Crippen LogP contribution in [-0.4, -0.2) is 17.4 Å². The smallest absolute Gasteiger partial charge is 0.251 e. The van der Waals surface area contributed by atoms with Crippen molar-refractivity contribution >= 4 is 23.3 Å². The van der Waals surface area contributed by atoms with Gasteiger partial charge in [-0.1, -0.05) is 37.6 Å². The summed E-state index contributed by atoms with van der Waals surface area (Å²) in [5, 5.41) is 6.83. The Kier molecular flexibility index (Phi) is 6.41. The zero-order valence-electron chi connectivity index (χ0n) is 13.5. The molecule has 0 aliphatic rings. The van der Waals surface area contributed by atoms with Crippen molar-refractivity contribution in [2.75, 3.05) is 11.9 Å². The number of amides is 1. The Bertz CT molecular complexity index is 641. The van der Waals surface area contributed by atoms with E-state index in [-0.39, 0.29) is 5.91 Å². The number of anilines is 1. The van der Waals surface area contributed by atoms with Crippen molar-refractivity contribution in [3.63, 3.8) is 0 Å². The number of pyridine rings is 1. The van der Waals surface area contributed by atoms with Crippen LogP contribution in [0.15, 0.2) is 42.6 Å². The highest BCUT2D eigenvalue weighted by Crippen LogP contribution is 2.11. The van der Waals surface area contributed by atoms with Gasteiger partial charge in [-0.3, -0.25) is 4.79 Å². The van der Waals surface area contributed by atoms with Crippen molar-refractivity contribution in [3.05, 3.63) is 58.7 Å². The van der Waals surface area contributed by atoms with Crippen molar-refractivity contribution in [1.82, 2.24) is 10.3 Å². The molecular formula is C18H22ClN3O. The van der Waals surface area contributed by atoms with E-state index in [1.165, 1.54) is 0 Å². The number of benzene rings is 1. The third-order valence-electron chi connectivity index (χ3n) is 3.42. The lowest BCUT2D eigenvalue weighted by molar-refractivity contribution is 0.0951. The molecule has 0 aliphatic heterocycles. The Morgan fingerprint density at radius 2 is 1.96 bits per heavy atom. The maximum atomic E-state index is 12.2. The summed E-state index contributed by atoms with van der Waals surface area (Å²) < 4.78 is 0. The molecule has 5 heteroatoms. The molecule has 4 nitrogen and oxygen atoms in total. The van der Waals surface area contributed by atoms with Crippen LogP contribution in [0.4, 0.5) is 5.82 Å². The predicted molar refractivity (Wildman–Crippen MR) is 94.8 cm³/mol. The number of rotatable bonds is 7. The summed E-state index contributed by atoms with van der Waals surface area (Å²) in [6.45, 7) is 5.67. The molecule has 0 saturated heterocycles. The fraction of sp³-hybridized carbons (Fsp3) is 0.333. The molecule has 0 aliphatic carbocycles. The molecule has 0 bridgehead atoms. The van der Waals surface area contributed by atoms with Gasteiger partial charge < -0.3 is 10.6 Å². The second-order valence-corrected chi connectivity index (χ2v) is 6.28. The van der Waals surface area contributed by atoms with Crippen LogP contribution in [0.3, 0.4) is 0 Å². The van der Waals surface area contributed by atoms with Crippen molar-refractivity contribution in [3.8, 4) is 0 Å². The number of aromatic nitrogens is 1. The molecule has 1 aromatic carbocycles. The van der Waals surface area contributed by atoms with E-state index in [0.29, 0.717) is 23.0 Å². The van der Waals surface area contributed by atoms with Gasteiger partial charge in [0.1, 0.15) is 5.82 Å². The van der Waals surface area contributed by atoms with E-state index in [1.807, 2.05) is 24.3 Å². The van der Waals surface area contributed by atoms with Crippen LogP contribution in [-0.2, 0) is 6.54 Å². The molecule has 23 heavy (non-hydrogen) atoms. The highest BCUT2D eigenvalue weighted by atomic mass is 35.5. The molecule has 0 unspecified atom stereocenters. The second-order valence-electron chi connectivity index (χ2n) is 5.85. The molecular weight excluding hydrogens is 310 g/mol. The van der Waals surface area contributed by atoms with Crippen LogP contribution in [0.1, 0.15) is 36.2 Å². The summed E-state index contributed by atoms with van der Waals surface area (Å²) >= 11 is 5.85. The Morgan fingerprint density at radius 1 is 1.22 bits per heavy atom. The number of carbonyl (C=O) groups excluding carboxylic acids is 1. The van der Waals surface area contributed by atoms with Gasteiger partial charge >= 0.3 is 0 Å². The standard InChI is InChI=1S/C18H22ClN3O/c1-13(2)7-9-20-17-11-15(8-10-21-17)18(23)22-12-14-3-5-16(19)6-4-14/h3-6,8,10-11,13H,7,9,12H2,1-2H3,(H,20,21)(H,22,23). The van der Waals surface area contributed by atoms with E-state index in [4.69, 9.17) is 11.6 Å². The summed E-state index contributed by atoms with van der Waals surface area (Å²) in [4.78, 5) is 16.5. The van der Waals surface area contributed by atoms with E-state index >= 15 is 0 Å². The van der Waals surface area contributed by atoms with Crippen molar-refractivity contribution < 1.29 is 4.79 Å². The van der Waals surface area contributed by atoms with Gasteiger partial charge in [-0.15, -0.1) is 0 Å². The van der Waals surface area contributed by atoms with Crippen LogP contribution in [0.25, 0.3) is 0 Å². The monoisotopic (exact) mass is 331 g/mol. The van der Waals surface area contributed by atoms with E-state index in [2.05, 4.69) is 29.5 Å². The Morgan fingerprint density at radius 3 is 2.65 bits per heavy atom. The van der Waals surface area contributed by atoms with Gasteiger partial charge in [0, 0.05) is 29.9 Å². The minimum absolute atomic E-state index is 0.116. The summed E-state index contributed by atoms with van der Waals surface area (Å²) in [6, 6.07) is 10.9. The number of hydrogen-bond acceptors (Lipinski definition) is 3. The lowest BCUT2D eigenvalue weighted by atomic mass is 10.1. The topological polar surface area (TPSA) is 54.0 Å². The zero-order valence-corrected chi connectivity index (χ0v) is 14.2. The quantitative estimate of drug-likeness (QED) is 0.802. The molecule has 0 atom stereocenters. The van der Waals surface area contributed by atoms with Crippen LogP contribution in [0.2, 0.25) is 5.02 Å². The number of hydrogen-bond donors (Lipinski definition) is 2. The first kappa shape index (κ1) is 17.3. The second kappa shape index (κ2) is 8.53. The third kappa shape index (κ3) is 5.91. The Hall–Kier alpha value is -2.07. The minimum Gasteiger partial charge on any atom is -0.370 e. The summed E-state index contributed by atoms with van der Waals surface area (Å²) in [7, 11) is 0. The summed E-state index contributed by atoms with van der Waals surface area (Å²) in [6.07, 6.45) is 2.71. The van der Waals surface area contributed by atoms with Crippen LogP contribution < -0.4 is 10.6 Å². The van der Waals surface area contributed by atoms with E-state index in [1.54, 1.807) is 18.3 Å². The maximum absolute atomic E-state index is 12.2. The molecule has 0 radical (unpaired) electrons. The highest BCUT2D eigenvalue weighted by molar-refractivity contribution is 6.30. The van der Waals surface area contributed by atoms with Gasteiger partial charge in [0.25, 0.3) is 5.91 Å². The van der Waals surface area contributed by atoms with Crippen molar-refractivity contribution in [1.29, 1.82) is 0 Å². The SMILES string of the molecule is CC(C)CCNc1cc(C(=O)NCc2ccc(Cl)cc2)ccn1. The summed E-state index contributed by atoms with van der Waals surface area (Å²) in [5.41, 5.74) is 1.60. The van der Waals surface area contributed by atoms with Gasteiger partial charge in [0.15, 0.2) is 0 Å². The number of nitrogens with zero attached hydrogens (tertiary/aromatic N) is 1. The average molecular weight is 332 g/mol. The number of nitrogens with one attached hydrogen (secondary N) is 2. The van der Waals surface area contributed by atoms with Crippen LogP contribution >= 0.6 is 11.6 Å². The van der Waals surface area contributed by atoms with Crippen LogP contribution in [0.5, 0.6) is 0 Å². The maximum Gasteiger partial charge on any atom is 0.251 e.